The standard InChI is InChI=1S/C21H25ClN2O3.ClH/c1-15(17-13-23-14-17)21(25)24-12-16-2-6-19(7-3-16)26-10-11-27-20-8-4-18(22)5-9-20;/h2-9,15,17,23H,10-14H2,1H3,(H,24,25);1H. The molecule has 28 heavy (non-hydrogen) atoms. The summed E-state index contributed by atoms with van der Waals surface area (Å²) in [6.07, 6.45) is 0. The van der Waals surface area contributed by atoms with Crippen molar-refractivity contribution in [2.45, 2.75) is 13.5 Å². The molecule has 1 aliphatic rings. The first kappa shape index (κ1) is 22.3. The zero-order valence-electron chi connectivity index (χ0n) is 15.8. The first-order valence-electron chi connectivity index (χ1n) is 9.20. The minimum absolute atomic E-state index is 0. The van der Waals surface area contributed by atoms with Gasteiger partial charge < -0.3 is 20.1 Å². The molecular weight excluding hydrogens is 399 g/mol. The second-order valence-corrected chi connectivity index (χ2v) is 7.16. The molecule has 1 saturated heterocycles. The number of nitrogens with one attached hydrogen (secondary N) is 2. The summed E-state index contributed by atoms with van der Waals surface area (Å²) in [6.45, 7) is 5.29. The maximum atomic E-state index is 12.1. The highest BCUT2D eigenvalue weighted by molar-refractivity contribution is 6.30. The zero-order valence-corrected chi connectivity index (χ0v) is 17.4. The van der Waals surface area contributed by atoms with E-state index in [1.807, 2.05) is 43.3 Å². The molecule has 1 atom stereocenters. The van der Waals surface area contributed by atoms with E-state index in [-0.39, 0.29) is 24.2 Å². The number of amides is 1. The molecule has 2 N–H and O–H groups in total. The van der Waals surface area contributed by atoms with Gasteiger partial charge in [0.2, 0.25) is 5.91 Å². The van der Waals surface area contributed by atoms with Gasteiger partial charge in [-0.2, -0.15) is 0 Å². The second-order valence-electron chi connectivity index (χ2n) is 6.72. The van der Waals surface area contributed by atoms with Gasteiger partial charge >= 0.3 is 0 Å². The minimum atomic E-state index is 0. The third-order valence-corrected chi connectivity index (χ3v) is 5.01. The molecule has 152 valence electrons. The Morgan fingerprint density at radius 3 is 2.11 bits per heavy atom. The summed E-state index contributed by atoms with van der Waals surface area (Å²) in [5.41, 5.74) is 1.05. The van der Waals surface area contributed by atoms with Crippen LogP contribution in [0, 0.1) is 11.8 Å². The number of hydrogen-bond donors (Lipinski definition) is 2. The zero-order chi connectivity index (χ0) is 19.1. The average Bonchev–Trinajstić information content (AvgIpc) is 2.64. The van der Waals surface area contributed by atoms with Crippen LogP contribution in [0.15, 0.2) is 48.5 Å². The summed E-state index contributed by atoms with van der Waals surface area (Å²) in [4.78, 5) is 12.1. The Bertz CT molecular complexity index is 734. The molecule has 5 nitrogen and oxygen atoms in total. The summed E-state index contributed by atoms with van der Waals surface area (Å²) in [7, 11) is 0. The summed E-state index contributed by atoms with van der Waals surface area (Å²) in [6, 6.07) is 15.0. The van der Waals surface area contributed by atoms with Gasteiger partial charge in [-0.3, -0.25) is 4.79 Å². The SMILES string of the molecule is CC(C(=O)NCc1ccc(OCCOc2ccc(Cl)cc2)cc1)C1CNC1.Cl. The van der Waals surface area contributed by atoms with Gasteiger partial charge in [-0.05, 0) is 61.0 Å². The van der Waals surface area contributed by atoms with Crippen molar-refractivity contribution in [3.63, 3.8) is 0 Å². The Kier molecular flexibility index (Phi) is 8.90. The fourth-order valence-electron chi connectivity index (χ4n) is 2.78. The van der Waals surface area contributed by atoms with Crippen LogP contribution >= 0.6 is 24.0 Å². The molecule has 2 aromatic carbocycles. The first-order valence-corrected chi connectivity index (χ1v) is 9.58. The van der Waals surface area contributed by atoms with Crippen LogP contribution in [-0.4, -0.2) is 32.2 Å². The van der Waals surface area contributed by atoms with Crippen molar-refractivity contribution in [3.8, 4) is 11.5 Å². The Hall–Kier alpha value is -1.95. The number of rotatable bonds is 9. The van der Waals surface area contributed by atoms with Gasteiger partial charge in [0, 0.05) is 17.5 Å². The van der Waals surface area contributed by atoms with Crippen LogP contribution in [0.4, 0.5) is 0 Å². The minimum Gasteiger partial charge on any atom is -0.490 e. The second kappa shape index (κ2) is 11.1. The Labute approximate surface area is 177 Å². The van der Waals surface area contributed by atoms with Crippen LogP contribution in [0.5, 0.6) is 11.5 Å². The predicted octanol–water partition coefficient (Wildman–Crippen LogP) is 3.69. The molecule has 1 unspecified atom stereocenters. The fraction of sp³-hybridized carbons (Fsp3) is 0.381. The van der Waals surface area contributed by atoms with E-state index < -0.39 is 0 Å². The highest BCUT2D eigenvalue weighted by Gasteiger charge is 2.28. The molecule has 1 aliphatic heterocycles. The molecule has 0 spiro atoms. The van der Waals surface area contributed by atoms with E-state index in [1.165, 1.54) is 0 Å². The number of halogens is 2. The molecule has 1 fully saturated rings. The van der Waals surface area contributed by atoms with Gasteiger partial charge in [0.1, 0.15) is 24.7 Å². The van der Waals surface area contributed by atoms with Crippen molar-refractivity contribution in [2.24, 2.45) is 11.8 Å². The lowest BCUT2D eigenvalue weighted by Gasteiger charge is -2.31. The number of carbonyl (C=O) groups excluding carboxylic acids is 1. The summed E-state index contributed by atoms with van der Waals surface area (Å²) in [5.74, 6) is 2.16. The Balaban J connectivity index is 0.00000280. The van der Waals surface area contributed by atoms with Crippen molar-refractivity contribution >= 4 is 29.9 Å². The van der Waals surface area contributed by atoms with E-state index in [0.717, 1.165) is 30.2 Å². The fourth-order valence-corrected chi connectivity index (χ4v) is 2.91. The lowest BCUT2D eigenvalue weighted by atomic mass is 9.88. The van der Waals surface area contributed by atoms with Crippen LogP contribution in [0.1, 0.15) is 12.5 Å². The van der Waals surface area contributed by atoms with E-state index in [0.29, 0.717) is 30.7 Å². The molecule has 0 radical (unpaired) electrons. The van der Waals surface area contributed by atoms with Gasteiger partial charge in [0.15, 0.2) is 0 Å². The molecule has 0 bridgehead atoms. The molecule has 1 heterocycles. The average molecular weight is 425 g/mol. The van der Waals surface area contributed by atoms with Gasteiger partial charge in [-0.15, -0.1) is 12.4 Å². The van der Waals surface area contributed by atoms with E-state index in [2.05, 4.69) is 10.6 Å². The molecule has 2 aromatic rings. The lowest BCUT2D eigenvalue weighted by molar-refractivity contribution is -0.126. The summed E-state index contributed by atoms with van der Waals surface area (Å²) < 4.78 is 11.3. The van der Waals surface area contributed by atoms with E-state index in [9.17, 15) is 4.79 Å². The summed E-state index contributed by atoms with van der Waals surface area (Å²) in [5, 5.41) is 6.89. The van der Waals surface area contributed by atoms with Gasteiger partial charge in [0.05, 0.1) is 0 Å². The topological polar surface area (TPSA) is 59.6 Å². The third-order valence-electron chi connectivity index (χ3n) is 4.76. The maximum Gasteiger partial charge on any atom is 0.223 e. The molecule has 0 saturated carbocycles. The van der Waals surface area contributed by atoms with Crippen LogP contribution in [0.3, 0.4) is 0 Å². The van der Waals surface area contributed by atoms with Crippen molar-refractivity contribution < 1.29 is 14.3 Å². The predicted molar refractivity (Wildman–Crippen MR) is 114 cm³/mol. The Morgan fingerprint density at radius 1 is 1.07 bits per heavy atom. The van der Waals surface area contributed by atoms with E-state index in [4.69, 9.17) is 21.1 Å². The normalized spacial score (nSPS) is 14.4. The highest BCUT2D eigenvalue weighted by Crippen LogP contribution is 2.17. The molecule has 0 aromatic heterocycles. The van der Waals surface area contributed by atoms with Crippen LogP contribution in [0.2, 0.25) is 5.02 Å². The first-order chi connectivity index (χ1) is 13.1. The number of hydrogen-bond acceptors (Lipinski definition) is 4. The van der Waals surface area contributed by atoms with Crippen molar-refractivity contribution in [1.82, 2.24) is 10.6 Å². The van der Waals surface area contributed by atoms with Crippen molar-refractivity contribution in [3.05, 3.63) is 59.1 Å². The van der Waals surface area contributed by atoms with Gasteiger partial charge in [0.25, 0.3) is 0 Å². The van der Waals surface area contributed by atoms with E-state index in [1.54, 1.807) is 12.1 Å². The number of ether oxygens (including phenoxy) is 2. The summed E-state index contributed by atoms with van der Waals surface area (Å²) >= 11 is 5.84. The van der Waals surface area contributed by atoms with E-state index >= 15 is 0 Å². The molecule has 0 aliphatic carbocycles. The quantitative estimate of drug-likeness (QED) is 0.602. The van der Waals surface area contributed by atoms with Crippen molar-refractivity contribution in [2.75, 3.05) is 26.3 Å². The smallest absolute Gasteiger partial charge is 0.223 e. The third kappa shape index (κ3) is 6.59. The maximum absolute atomic E-state index is 12.1. The lowest BCUT2D eigenvalue weighted by Crippen LogP contribution is -2.49. The highest BCUT2D eigenvalue weighted by atomic mass is 35.5. The number of carbonyl (C=O) groups is 1. The number of benzene rings is 2. The largest absolute Gasteiger partial charge is 0.490 e. The monoisotopic (exact) mass is 424 g/mol. The van der Waals surface area contributed by atoms with Gasteiger partial charge in [-0.25, -0.2) is 0 Å². The molecule has 1 amide bonds. The molecule has 7 heteroatoms. The van der Waals surface area contributed by atoms with Crippen LogP contribution in [0.25, 0.3) is 0 Å². The van der Waals surface area contributed by atoms with Crippen LogP contribution in [-0.2, 0) is 11.3 Å². The molecule has 3 rings (SSSR count). The van der Waals surface area contributed by atoms with Gasteiger partial charge in [-0.1, -0.05) is 30.7 Å². The van der Waals surface area contributed by atoms with Crippen LogP contribution < -0.4 is 20.1 Å². The Morgan fingerprint density at radius 2 is 1.61 bits per heavy atom. The van der Waals surface area contributed by atoms with Crippen molar-refractivity contribution in [1.29, 1.82) is 0 Å². The molecular formula is C21H26Cl2N2O3.